The first-order valence-corrected chi connectivity index (χ1v) is 10.6. The van der Waals surface area contributed by atoms with Gasteiger partial charge in [0.05, 0.1) is 6.61 Å². The van der Waals surface area contributed by atoms with E-state index >= 15 is 0 Å². The van der Waals surface area contributed by atoms with Gasteiger partial charge in [-0.3, -0.25) is 4.79 Å². The van der Waals surface area contributed by atoms with E-state index in [1.165, 1.54) is 0 Å². The summed E-state index contributed by atoms with van der Waals surface area (Å²) in [4.78, 5) is 12.4. The number of hydrogen-bond acceptors (Lipinski definition) is 4. The van der Waals surface area contributed by atoms with E-state index in [0.717, 1.165) is 28.1 Å². The lowest BCUT2D eigenvalue weighted by molar-refractivity contribution is -0.118. The third-order valence-electron chi connectivity index (χ3n) is 4.67. The molecule has 3 rings (SSSR count). The lowest BCUT2D eigenvalue weighted by Crippen LogP contribution is -2.21. The summed E-state index contributed by atoms with van der Waals surface area (Å²) in [6.07, 6.45) is 0. The van der Waals surface area contributed by atoms with Crippen LogP contribution >= 0.6 is 11.6 Å². The van der Waals surface area contributed by atoms with Gasteiger partial charge >= 0.3 is 0 Å². The molecule has 0 bridgehead atoms. The summed E-state index contributed by atoms with van der Waals surface area (Å²) >= 11 is 5.93. The maximum Gasteiger partial charge on any atom is 0.262 e. The molecule has 0 aliphatic heterocycles. The normalized spacial score (nSPS) is 10.5. The van der Waals surface area contributed by atoms with E-state index in [-0.39, 0.29) is 12.5 Å². The topological polar surface area (TPSA) is 59.6 Å². The second kappa shape index (κ2) is 10.7. The molecule has 5 nitrogen and oxygen atoms in total. The van der Waals surface area contributed by atoms with Crippen LogP contribution < -0.4 is 20.1 Å². The highest BCUT2D eigenvalue weighted by molar-refractivity contribution is 6.30. The number of carbonyl (C=O) groups excluding carboxylic acids is 1. The zero-order valence-electron chi connectivity index (χ0n) is 18.0. The third kappa shape index (κ3) is 6.66. The van der Waals surface area contributed by atoms with Crippen molar-refractivity contribution in [3.8, 4) is 11.5 Å². The van der Waals surface area contributed by atoms with Crippen molar-refractivity contribution in [1.82, 2.24) is 0 Å². The highest BCUT2D eigenvalue weighted by Crippen LogP contribution is 2.29. The Labute approximate surface area is 188 Å². The van der Waals surface area contributed by atoms with Crippen LogP contribution in [-0.2, 0) is 11.3 Å². The maximum atomic E-state index is 12.4. The molecular formula is C25H27ClN2O3. The number of amides is 1. The number of nitrogens with one attached hydrogen (secondary N) is 2. The summed E-state index contributed by atoms with van der Waals surface area (Å²) in [7, 11) is 0. The Kier molecular flexibility index (Phi) is 7.79. The van der Waals surface area contributed by atoms with Gasteiger partial charge in [-0.25, -0.2) is 0 Å². The van der Waals surface area contributed by atoms with E-state index in [4.69, 9.17) is 21.1 Å². The van der Waals surface area contributed by atoms with Crippen molar-refractivity contribution >= 4 is 28.9 Å². The standard InChI is InChI=1S/C25H27ClN2O3/c1-4-30-24-14-19(15-27-21-10-8-20(26)9-11-21)7-12-23(24)31-16-25(29)28-22-13-17(2)5-6-18(22)3/h5-14,27H,4,15-16H2,1-3H3,(H,28,29). The molecule has 0 spiro atoms. The lowest BCUT2D eigenvalue weighted by Gasteiger charge is -2.15. The number of ether oxygens (including phenoxy) is 2. The minimum atomic E-state index is -0.218. The molecule has 162 valence electrons. The van der Waals surface area contributed by atoms with E-state index in [0.29, 0.717) is 29.7 Å². The first-order valence-electron chi connectivity index (χ1n) is 10.2. The quantitative estimate of drug-likeness (QED) is 0.431. The number of halogens is 1. The van der Waals surface area contributed by atoms with Gasteiger partial charge in [-0.1, -0.05) is 29.8 Å². The number of rotatable bonds is 9. The molecule has 1 amide bonds. The summed E-state index contributed by atoms with van der Waals surface area (Å²) in [5.41, 5.74) is 4.90. The predicted octanol–water partition coefficient (Wildman–Crippen LogP) is 5.99. The van der Waals surface area contributed by atoms with Gasteiger partial charge in [-0.2, -0.15) is 0 Å². The zero-order chi connectivity index (χ0) is 22.2. The summed E-state index contributed by atoms with van der Waals surface area (Å²) in [6, 6.07) is 19.2. The Balaban J connectivity index is 1.61. The van der Waals surface area contributed by atoms with Crippen molar-refractivity contribution in [3.63, 3.8) is 0 Å². The van der Waals surface area contributed by atoms with Crippen LogP contribution in [0.25, 0.3) is 0 Å². The smallest absolute Gasteiger partial charge is 0.262 e. The van der Waals surface area contributed by atoms with E-state index in [2.05, 4.69) is 10.6 Å². The Morgan fingerprint density at radius 1 is 0.935 bits per heavy atom. The molecule has 0 saturated carbocycles. The van der Waals surface area contributed by atoms with Gasteiger partial charge in [0.15, 0.2) is 18.1 Å². The molecule has 0 radical (unpaired) electrons. The second-order valence-electron chi connectivity index (χ2n) is 7.23. The summed E-state index contributed by atoms with van der Waals surface area (Å²) < 4.78 is 11.5. The Bertz CT molecular complexity index is 1040. The van der Waals surface area contributed by atoms with Crippen molar-refractivity contribution < 1.29 is 14.3 Å². The Morgan fingerprint density at radius 2 is 1.71 bits per heavy atom. The molecule has 3 aromatic carbocycles. The third-order valence-corrected chi connectivity index (χ3v) is 4.93. The van der Waals surface area contributed by atoms with Crippen molar-refractivity contribution in [2.24, 2.45) is 0 Å². The van der Waals surface area contributed by atoms with Crippen LogP contribution in [0.5, 0.6) is 11.5 Å². The van der Waals surface area contributed by atoms with Crippen LogP contribution in [0.2, 0.25) is 5.02 Å². The number of benzene rings is 3. The minimum absolute atomic E-state index is 0.101. The molecule has 0 fully saturated rings. The average molecular weight is 439 g/mol. The Hall–Kier alpha value is -3.18. The Morgan fingerprint density at radius 3 is 2.45 bits per heavy atom. The summed E-state index contributed by atoms with van der Waals surface area (Å²) in [5, 5.41) is 6.95. The van der Waals surface area contributed by atoms with E-state index in [9.17, 15) is 4.79 Å². The fourth-order valence-corrected chi connectivity index (χ4v) is 3.15. The fourth-order valence-electron chi connectivity index (χ4n) is 3.02. The average Bonchev–Trinajstić information content (AvgIpc) is 2.75. The monoisotopic (exact) mass is 438 g/mol. The zero-order valence-corrected chi connectivity index (χ0v) is 18.8. The minimum Gasteiger partial charge on any atom is -0.490 e. The number of anilines is 2. The van der Waals surface area contributed by atoms with Crippen molar-refractivity contribution in [2.75, 3.05) is 23.8 Å². The van der Waals surface area contributed by atoms with Crippen LogP contribution in [-0.4, -0.2) is 19.1 Å². The van der Waals surface area contributed by atoms with E-state index < -0.39 is 0 Å². The van der Waals surface area contributed by atoms with Gasteiger partial charge in [0.1, 0.15) is 0 Å². The lowest BCUT2D eigenvalue weighted by atomic mass is 10.1. The van der Waals surface area contributed by atoms with Crippen LogP contribution in [0, 0.1) is 13.8 Å². The molecule has 3 aromatic rings. The molecule has 2 N–H and O–H groups in total. The molecule has 0 atom stereocenters. The number of hydrogen-bond donors (Lipinski definition) is 2. The summed E-state index contributed by atoms with van der Waals surface area (Å²) in [6.45, 7) is 6.88. The molecule has 0 aliphatic rings. The van der Waals surface area contributed by atoms with Crippen molar-refractivity contribution in [1.29, 1.82) is 0 Å². The molecule has 0 heterocycles. The molecule has 0 saturated heterocycles. The van der Waals surface area contributed by atoms with Gasteiger partial charge in [0, 0.05) is 22.9 Å². The molecule has 0 aromatic heterocycles. The second-order valence-corrected chi connectivity index (χ2v) is 7.67. The van der Waals surface area contributed by atoms with Gasteiger partial charge in [0.25, 0.3) is 5.91 Å². The number of aryl methyl sites for hydroxylation is 2. The SMILES string of the molecule is CCOc1cc(CNc2ccc(Cl)cc2)ccc1OCC(=O)Nc1cc(C)ccc1C. The molecule has 31 heavy (non-hydrogen) atoms. The summed E-state index contributed by atoms with van der Waals surface area (Å²) in [5.74, 6) is 0.926. The molecule has 0 aliphatic carbocycles. The van der Waals surface area contributed by atoms with Gasteiger partial charge in [-0.15, -0.1) is 0 Å². The maximum absolute atomic E-state index is 12.4. The first-order chi connectivity index (χ1) is 14.9. The van der Waals surface area contributed by atoms with Crippen molar-refractivity contribution in [3.05, 3.63) is 82.4 Å². The molecular weight excluding hydrogens is 412 g/mol. The van der Waals surface area contributed by atoms with Gasteiger partial charge < -0.3 is 20.1 Å². The van der Waals surface area contributed by atoms with Crippen molar-refractivity contribution in [2.45, 2.75) is 27.3 Å². The van der Waals surface area contributed by atoms with Crippen LogP contribution in [0.4, 0.5) is 11.4 Å². The van der Waals surface area contributed by atoms with Crippen LogP contribution in [0.3, 0.4) is 0 Å². The fraction of sp³-hybridized carbons (Fsp3) is 0.240. The highest BCUT2D eigenvalue weighted by atomic mass is 35.5. The first kappa shape index (κ1) is 22.5. The van der Waals surface area contributed by atoms with E-state index in [1.807, 2.05) is 81.4 Å². The predicted molar refractivity (Wildman–Crippen MR) is 126 cm³/mol. The largest absolute Gasteiger partial charge is 0.490 e. The van der Waals surface area contributed by atoms with Crippen LogP contribution in [0.1, 0.15) is 23.6 Å². The number of carbonyl (C=O) groups is 1. The molecule has 0 unspecified atom stereocenters. The van der Waals surface area contributed by atoms with Crippen LogP contribution in [0.15, 0.2) is 60.7 Å². The van der Waals surface area contributed by atoms with Gasteiger partial charge in [0.2, 0.25) is 0 Å². The van der Waals surface area contributed by atoms with E-state index in [1.54, 1.807) is 0 Å². The molecule has 6 heteroatoms. The highest BCUT2D eigenvalue weighted by Gasteiger charge is 2.11. The van der Waals surface area contributed by atoms with Gasteiger partial charge in [-0.05, 0) is 79.9 Å².